The minimum atomic E-state index is -0.139. The van der Waals surface area contributed by atoms with Crippen LogP contribution in [0.2, 0.25) is 0 Å². The minimum Gasteiger partial charge on any atom is -0.462 e. The molecular formula is C58H102O3. The van der Waals surface area contributed by atoms with Crippen molar-refractivity contribution in [1.82, 2.24) is 0 Å². The second-order valence-electron chi connectivity index (χ2n) is 24.4. The molecule has 0 aromatic heterocycles. The molecule has 3 nitrogen and oxygen atoms in total. The Morgan fingerprint density at radius 2 is 1.07 bits per heavy atom. The summed E-state index contributed by atoms with van der Waals surface area (Å²) < 4.78 is 6.41. The summed E-state index contributed by atoms with van der Waals surface area (Å²) in [5.74, 6) is 2.74. The molecule has 0 aromatic carbocycles. The number of rotatable bonds is 27. The summed E-state index contributed by atoms with van der Waals surface area (Å²) in [6.45, 7) is 22.1. The Balaban J connectivity index is 0.916. The molecule has 4 fully saturated rings. The lowest BCUT2D eigenvalue weighted by Crippen LogP contribution is -2.67. The summed E-state index contributed by atoms with van der Waals surface area (Å²) >= 11 is 0. The number of carbonyl (C=O) groups is 2. The third-order valence-corrected chi connectivity index (χ3v) is 19.8. The van der Waals surface area contributed by atoms with Crippen LogP contribution in [0.4, 0.5) is 0 Å². The van der Waals surface area contributed by atoms with Crippen LogP contribution in [-0.4, -0.2) is 17.9 Å². The zero-order chi connectivity index (χ0) is 44.2. The summed E-state index contributed by atoms with van der Waals surface area (Å²) in [4.78, 5) is 28.1. The quantitative estimate of drug-likeness (QED) is 0.0611. The first-order chi connectivity index (χ1) is 29.2. The number of carbonyl (C=O) groups excluding carboxylic acids is 2. The average molecular weight is 847 g/mol. The zero-order valence-electron chi connectivity index (χ0n) is 42.3. The molecule has 0 saturated heterocycles. The highest BCUT2D eigenvalue weighted by atomic mass is 16.5. The van der Waals surface area contributed by atoms with Gasteiger partial charge in [-0.25, -0.2) is 0 Å². The van der Waals surface area contributed by atoms with E-state index in [4.69, 9.17) is 4.74 Å². The highest BCUT2D eigenvalue weighted by molar-refractivity contribution is 5.95. The van der Waals surface area contributed by atoms with Crippen LogP contribution in [0.1, 0.15) is 281 Å². The molecule has 0 unspecified atom stereocenters. The molecule has 0 aliphatic heterocycles. The van der Waals surface area contributed by atoms with Gasteiger partial charge in [-0.05, 0) is 109 Å². The van der Waals surface area contributed by atoms with Gasteiger partial charge < -0.3 is 4.74 Å². The summed E-state index contributed by atoms with van der Waals surface area (Å²) in [7, 11) is 0. The van der Waals surface area contributed by atoms with Crippen LogP contribution in [0.15, 0.2) is 11.6 Å². The number of allylic oxidation sites excluding steroid dienone is 2. The molecule has 4 saturated carbocycles. The molecular weight excluding hydrogens is 745 g/mol. The molecule has 352 valence electrons. The van der Waals surface area contributed by atoms with Crippen molar-refractivity contribution in [2.24, 2.45) is 56.7 Å². The fraction of sp³-hybridized carbons (Fsp3) is 0.931. The first-order valence-corrected chi connectivity index (χ1v) is 27.6. The van der Waals surface area contributed by atoms with Crippen LogP contribution >= 0.6 is 0 Å². The Morgan fingerprint density at radius 1 is 0.590 bits per heavy atom. The molecule has 0 aromatic rings. The fourth-order valence-corrected chi connectivity index (χ4v) is 15.5. The number of hydrogen-bond acceptors (Lipinski definition) is 3. The molecule has 0 amide bonds. The van der Waals surface area contributed by atoms with Crippen molar-refractivity contribution in [3.63, 3.8) is 0 Å². The van der Waals surface area contributed by atoms with Gasteiger partial charge in [0.15, 0.2) is 5.78 Å². The summed E-state index contributed by atoms with van der Waals surface area (Å²) in [6.07, 6.45) is 46.7. The maximum Gasteiger partial charge on any atom is 0.306 e. The van der Waals surface area contributed by atoms with E-state index in [0.29, 0.717) is 35.4 Å². The number of ether oxygens (including phenoxy) is 1. The lowest BCUT2D eigenvalue weighted by Gasteiger charge is -2.70. The Morgan fingerprint density at radius 3 is 1.56 bits per heavy atom. The summed E-state index contributed by atoms with van der Waals surface area (Å²) in [6, 6.07) is 0. The van der Waals surface area contributed by atoms with Crippen molar-refractivity contribution in [2.75, 3.05) is 0 Å². The monoisotopic (exact) mass is 847 g/mol. The molecule has 0 heterocycles. The lowest BCUT2D eigenvalue weighted by molar-refractivity contribution is -0.211. The van der Waals surface area contributed by atoms with E-state index in [1.54, 1.807) is 0 Å². The van der Waals surface area contributed by atoms with E-state index in [0.717, 1.165) is 44.4 Å². The number of hydrogen-bond donors (Lipinski definition) is 0. The van der Waals surface area contributed by atoms with Crippen molar-refractivity contribution in [1.29, 1.82) is 0 Å². The SMILES string of the molecule is CCCCCCCCCCCCCCCCCCCCCCCCCCCC(=O)O[C@H]1CC[C@@]2(C)[C@H](CC[C@@]3(C)[C@H]2C(=O)C=C2[C@@H]4[C@@H](C)[C@H](C)CC[C@]4(C)CC[C@]23C)C1(C)C. The summed E-state index contributed by atoms with van der Waals surface area (Å²) in [5.41, 5.74) is 1.71. The number of ketones is 1. The Labute approximate surface area is 379 Å². The van der Waals surface area contributed by atoms with Gasteiger partial charge in [0.25, 0.3) is 0 Å². The Kier molecular flexibility index (Phi) is 19.5. The first kappa shape index (κ1) is 50.9. The Bertz CT molecular complexity index is 1380. The van der Waals surface area contributed by atoms with E-state index < -0.39 is 0 Å². The van der Waals surface area contributed by atoms with Gasteiger partial charge in [0.05, 0.1) is 0 Å². The van der Waals surface area contributed by atoms with Crippen molar-refractivity contribution in [3.8, 4) is 0 Å². The molecule has 61 heavy (non-hydrogen) atoms. The predicted molar refractivity (Wildman–Crippen MR) is 261 cm³/mol. The number of fused-ring (bicyclic) bond motifs is 7. The van der Waals surface area contributed by atoms with Crippen LogP contribution in [0.25, 0.3) is 0 Å². The molecule has 3 heteroatoms. The molecule has 10 atom stereocenters. The predicted octanol–water partition coefficient (Wildman–Crippen LogP) is 17.9. The topological polar surface area (TPSA) is 43.4 Å². The van der Waals surface area contributed by atoms with Gasteiger partial charge >= 0.3 is 5.97 Å². The molecule has 0 bridgehead atoms. The minimum absolute atomic E-state index is 0.00586. The zero-order valence-corrected chi connectivity index (χ0v) is 42.3. The molecule has 0 spiro atoms. The Hall–Kier alpha value is -1.12. The summed E-state index contributed by atoms with van der Waals surface area (Å²) in [5, 5.41) is 0. The maximum absolute atomic E-state index is 14.7. The normalized spacial score (nSPS) is 35.4. The van der Waals surface area contributed by atoms with E-state index in [1.165, 1.54) is 179 Å². The second-order valence-corrected chi connectivity index (χ2v) is 24.4. The highest BCUT2D eigenvalue weighted by Gasteiger charge is 2.70. The van der Waals surface area contributed by atoms with Crippen LogP contribution in [-0.2, 0) is 14.3 Å². The fourth-order valence-electron chi connectivity index (χ4n) is 15.5. The van der Waals surface area contributed by atoms with E-state index in [1.807, 2.05) is 0 Å². The first-order valence-electron chi connectivity index (χ1n) is 27.6. The molecule has 0 radical (unpaired) electrons. The third kappa shape index (κ3) is 12.0. The van der Waals surface area contributed by atoms with Crippen LogP contribution < -0.4 is 0 Å². The van der Waals surface area contributed by atoms with Gasteiger partial charge in [-0.1, -0.05) is 222 Å². The lowest BCUT2D eigenvalue weighted by atomic mass is 9.33. The molecule has 0 N–H and O–H groups in total. The van der Waals surface area contributed by atoms with Crippen molar-refractivity contribution in [2.45, 2.75) is 287 Å². The third-order valence-electron chi connectivity index (χ3n) is 19.8. The number of esters is 1. The van der Waals surface area contributed by atoms with Gasteiger partial charge in [0, 0.05) is 17.8 Å². The highest BCUT2D eigenvalue weighted by Crippen LogP contribution is 2.75. The van der Waals surface area contributed by atoms with E-state index >= 15 is 0 Å². The van der Waals surface area contributed by atoms with E-state index in [2.05, 4.69) is 68.4 Å². The van der Waals surface area contributed by atoms with Crippen molar-refractivity contribution < 1.29 is 14.3 Å². The molecule has 5 aliphatic rings. The maximum atomic E-state index is 14.7. The molecule has 5 aliphatic carbocycles. The van der Waals surface area contributed by atoms with E-state index in [9.17, 15) is 9.59 Å². The standard InChI is InChI=1S/C58H102O3/c1-10-11-12-13-14-15-16-17-18-19-20-21-22-23-24-25-26-27-28-29-30-31-32-33-34-35-51(60)61-50-38-40-56(7)49(54(50,4)5)37-41-58(9)53(56)48(59)44-47-52-46(3)45(2)36-39-55(52,6)42-43-57(47,58)8/h44-46,49-50,52-53H,10-43H2,1-9H3/t45-,46+,49-,50+,52+,53+,55-,56+,57-,58+/m1/s1. The second kappa shape index (κ2) is 23.4. The average Bonchev–Trinajstić information content (AvgIpc) is 3.21. The van der Waals surface area contributed by atoms with Gasteiger partial charge in [-0.15, -0.1) is 0 Å². The van der Waals surface area contributed by atoms with E-state index in [-0.39, 0.29) is 39.7 Å². The largest absolute Gasteiger partial charge is 0.462 e. The molecule has 5 rings (SSSR count). The van der Waals surface area contributed by atoms with Gasteiger partial charge in [-0.2, -0.15) is 0 Å². The smallest absolute Gasteiger partial charge is 0.306 e. The van der Waals surface area contributed by atoms with Crippen molar-refractivity contribution in [3.05, 3.63) is 11.6 Å². The van der Waals surface area contributed by atoms with Gasteiger partial charge in [0.2, 0.25) is 0 Å². The number of unbranched alkanes of at least 4 members (excludes halogenated alkanes) is 24. The van der Waals surface area contributed by atoms with Crippen LogP contribution in [0.5, 0.6) is 0 Å². The van der Waals surface area contributed by atoms with Gasteiger partial charge in [0.1, 0.15) is 6.10 Å². The van der Waals surface area contributed by atoms with Crippen molar-refractivity contribution >= 4 is 11.8 Å². The van der Waals surface area contributed by atoms with Crippen LogP contribution in [0.3, 0.4) is 0 Å². The van der Waals surface area contributed by atoms with Gasteiger partial charge in [-0.3, -0.25) is 9.59 Å². The van der Waals surface area contributed by atoms with Crippen LogP contribution in [0, 0.1) is 56.7 Å².